The van der Waals surface area contributed by atoms with E-state index in [9.17, 15) is 24.8 Å². The van der Waals surface area contributed by atoms with Gasteiger partial charge in [0.2, 0.25) is 11.5 Å². The third-order valence-corrected chi connectivity index (χ3v) is 3.69. The Morgan fingerprint density at radius 1 is 1.29 bits per heavy atom. The fourth-order valence-corrected chi connectivity index (χ4v) is 2.51. The van der Waals surface area contributed by atoms with Crippen molar-refractivity contribution in [1.82, 2.24) is 0 Å². The zero-order valence-electron chi connectivity index (χ0n) is 15.3. The highest BCUT2D eigenvalue weighted by molar-refractivity contribution is 6.18. The van der Waals surface area contributed by atoms with Gasteiger partial charge in [-0.25, -0.2) is 4.79 Å². The smallest absolute Gasteiger partial charge is 0.339 e. The largest absolute Gasteiger partial charge is 0.499 e. The SMILES string of the molecule is COc1cc(C(=O)OC(C)C)c(C(=O)c2cccc(C#N)c2)c([N+](=O)[O-])c1O. The summed E-state index contributed by atoms with van der Waals surface area (Å²) in [5, 5.41) is 30.8. The Balaban J connectivity index is 2.83. The monoisotopic (exact) mass is 384 g/mol. The lowest BCUT2D eigenvalue weighted by molar-refractivity contribution is -0.386. The van der Waals surface area contributed by atoms with Gasteiger partial charge in [0.05, 0.1) is 35.3 Å². The Labute approximate surface area is 159 Å². The number of ketones is 1. The quantitative estimate of drug-likeness (QED) is 0.347. The van der Waals surface area contributed by atoms with E-state index in [0.717, 1.165) is 13.2 Å². The van der Waals surface area contributed by atoms with Crippen molar-refractivity contribution < 1.29 is 29.1 Å². The van der Waals surface area contributed by atoms with Gasteiger partial charge in [-0.3, -0.25) is 14.9 Å². The van der Waals surface area contributed by atoms with Crippen molar-refractivity contribution in [3.63, 3.8) is 0 Å². The zero-order valence-corrected chi connectivity index (χ0v) is 15.3. The third-order valence-electron chi connectivity index (χ3n) is 3.69. The summed E-state index contributed by atoms with van der Waals surface area (Å²) in [5.74, 6) is -3.16. The van der Waals surface area contributed by atoms with E-state index in [1.165, 1.54) is 24.3 Å². The number of benzene rings is 2. The topological polar surface area (TPSA) is 140 Å². The van der Waals surface area contributed by atoms with Crippen LogP contribution in [-0.4, -0.2) is 35.0 Å². The molecule has 0 aromatic heterocycles. The van der Waals surface area contributed by atoms with Gasteiger partial charge in [0.1, 0.15) is 5.56 Å². The predicted molar refractivity (Wildman–Crippen MR) is 96.5 cm³/mol. The molecular weight excluding hydrogens is 368 g/mol. The number of rotatable bonds is 6. The number of hydrogen-bond donors (Lipinski definition) is 1. The molecule has 1 N–H and O–H groups in total. The minimum Gasteiger partial charge on any atom is -0.499 e. The van der Waals surface area contributed by atoms with Gasteiger partial charge in [-0.2, -0.15) is 5.26 Å². The number of hydrogen-bond acceptors (Lipinski definition) is 8. The van der Waals surface area contributed by atoms with Gasteiger partial charge in [-0.15, -0.1) is 0 Å². The molecule has 0 saturated heterocycles. The number of methoxy groups -OCH3 is 1. The van der Waals surface area contributed by atoms with Crippen LogP contribution >= 0.6 is 0 Å². The maximum atomic E-state index is 13.0. The first-order chi connectivity index (χ1) is 13.2. The number of esters is 1. The molecular formula is C19H16N2O7. The highest BCUT2D eigenvalue weighted by Crippen LogP contribution is 2.42. The maximum absolute atomic E-state index is 13.0. The summed E-state index contributed by atoms with van der Waals surface area (Å²) < 4.78 is 9.97. The highest BCUT2D eigenvalue weighted by Gasteiger charge is 2.35. The number of phenolic OH excluding ortho intramolecular Hbond substituents is 1. The molecule has 2 aromatic rings. The van der Waals surface area contributed by atoms with Crippen LogP contribution in [0.1, 0.15) is 45.7 Å². The predicted octanol–water partition coefficient (Wildman–Crippen LogP) is 2.98. The molecule has 0 bridgehead atoms. The van der Waals surface area contributed by atoms with Gasteiger partial charge in [-0.1, -0.05) is 12.1 Å². The minimum absolute atomic E-state index is 0.0645. The van der Waals surface area contributed by atoms with Crippen LogP contribution in [0.2, 0.25) is 0 Å². The molecule has 2 aromatic carbocycles. The van der Waals surface area contributed by atoms with E-state index in [0.29, 0.717) is 0 Å². The van der Waals surface area contributed by atoms with Crippen LogP contribution in [0.25, 0.3) is 0 Å². The number of phenols is 1. The number of carbonyl (C=O) groups excluding carboxylic acids is 2. The molecule has 0 spiro atoms. The van der Waals surface area contributed by atoms with Gasteiger partial charge >= 0.3 is 11.7 Å². The fourth-order valence-electron chi connectivity index (χ4n) is 2.51. The Bertz CT molecular complexity index is 1010. The summed E-state index contributed by atoms with van der Waals surface area (Å²) >= 11 is 0. The van der Waals surface area contributed by atoms with Crippen molar-refractivity contribution >= 4 is 17.4 Å². The molecule has 0 aliphatic carbocycles. The average Bonchev–Trinajstić information content (AvgIpc) is 2.66. The first kappa shape index (κ1) is 20.4. The standard InChI is InChI=1S/C19H16N2O7/c1-10(2)28-19(24)13-8-14(27-3)18(23)16(21(25)26)15(13)17(22)12-6-4-5-11(7-12)9-20/h4-8,10,23H,1-3H3. The molecule has 0 saturated carbocycles. The fraction of sp³-hybridized carbons (Fsp3) is 0.211. The average molecular weight is 384 g/mol. The van der Waals surface area contributed by atoms with Crippen molar-refractivity contribution in [1.29, 1.82) is 5.26 Å². The zero-order chi connectivity index (χ0) is 21.0. The number of nitrogens with zero attached hydrogens (tertiary/aromatic N) is 2. The van der Waals surface area contributed by atoms with E-state index in [4.69, 9.17) is 14.7 Å². The van der Waals surface area contributed by atoms with E-state index in [1.54, 1.807) is 13.8 Å². The lowest BCUT2D eigenvalue weighted by Gasteiger charge is -2.14. The second-order valence-electron chi connectivity index (χ2n) is 5.93. The number of nitro groups is 1. The lowest BCUT2D eigenvalue weighted by Crippen LogP contribution is -2.18. The Morgan fingerprint density at radius 3 is 2.50 bits per heavy atom. The van der Waals surface area contributed by atoms with E-state index in [1.807, 2.05) is 6.07 Å². The summed E-state index contributed by atoms with van der Waals surface area (Å²) in [4.78, 5) is 36.2. The van der Waals surface area contributed by atoms with Crippen LogP contribution in [-0.2, 0) is 4.74 Å². The van der Waals surface area contributed by atoms with Crippen LogP contribution in [0.5, 0.6) is 11.5 Å². The van der Waals surface area contributed by atoms with Crippen LogP contribution in [0.3, 0.4) is 0 Å². The van der Waals surface area contributed by atoms with Crippen molar-refractivity contribution in [3.05, 3.63) is 62.7 Å². The lowest BCUT2D eigenvalue weighted by atomic mass is 9.94. The van der Waals surface area contributed by atoms with Gasteiger partial charge in [0, 0.05) is 5.56 Å². The summed E-state index contributed by atoms with van der Waals surface area (Å²) in [5.41, 5.74) is -1.98. The molecule has 0 atom stereocenters. The van der Waals surface area contributed by atoms with E-state index < -0.39 is 45.3 Å². The first-order valence-electron chi connectivity index (χ1n) is 8.05. The van der Waals surface area contributed by atoms with Crippen molar-refractivity contribution in [2.45, 2.75) is 20.0 Å². The van der Waals surface area contributed by atoms with Crippen LogP contribution < -0.4 is 4.74 Å². The Kier molecular flexibility index (Phi) is 5.95. The number of ether oxygens (including phenoxy) is 2. The summed E-state index contributed by atoms with van der Waals surface area (Å²) in [6.07, 6.45) is -0.559. The molecule has 0 radical (unpaired) electrons. The highest BCUT2D eigenvalue weighted by atomic mass is 16.6. The molecule has 2 rings (SSSR count). The second kappa shape index (κ2) is 8.18. The number of carbonyl (C=O) groups is 2. The van der Waals surface area contributed by atoms with E-state index >= 15 is 0 Å². The maximum Gasteiger partial charge on any atom is 0.339 e. The molecule has 0 unspecified atom stereocenters. The molecule has 9 heteroatoms. The van der Waals surface area contributed by atoms with Crippen LogP contribution in [0, 0.1) is 21.4 Å². The number of nitriles is 1. The first-order valence-corrected chi connectivity index (χ1v) is 8.05. The molecule has 0 fully saturated rings. The number of aromatic hydroxyl groups is 1. The van der Waals surface area contributed by atoms with Crippen molar-refractivity contribution in [3.8, 4) is 17.6 Å². The molecule has 0 heterocycles. The van der Waals surface area contributed by atoms with Gasteiger partial charge in [0.25, 0.3) is 0 Å². The molecule has 0 aliphatic rings. The van der Waals surface area contributed by atoms with Gasteiger partial charge in [0.15, 0.2) is 5.75 Å². The molecule has 9 nitrogen and oxygen atoms in total. The van der Waals surface area contributed by atoms with Crippen LogP contribution in [0.4, 0.5) is 5.69 Å². The van der Waals surface area contributed by atoms with Crippen LogP contribution in [0.15, 0.2) is 30.3 Å². The van der Waals surface area contributed by atoms with Gasteiger partial charge in [-0.05, 0) is 32.0 Å². The molecule has 0 amide bonds. The summed E-state index contributed by atoms with van der Waals surface area (Å²) in [7, 11) is 1.15. The third kappa shape index (κ3) is 3.91. The molecule has 28 heavy (non-hydrogen) atoms. The normalized spacial score (nSPS) is 10.2. The van der Waals surface area contributed by atoms with Crippen molar-refractivity contribution in [2.24, 2.45) is 0 Å². The Morgan fingerprint density at radius 2 is 1.96 bits per heavy atom. The number of nitro benzene ring substituents is 1. The molecule has 0 aliphatic heterocycles. The van der Waals surface area contributed by atoms with E-state index in [-0.39, 0.29) is 16.9 Å². The van der Waals surface area contributed by atoms with E-state index in [2.05, 4.69) is 0 Å². The van der Waals surface area contributed by atoms with Crippen molar-refractivity contribution in [2.75, 3.05) is 7.11 Å². The summed E-state index contributed by atoms with van der Waals surface area (Å²) in [6.45, 7) is 3.14. The minimum atomic E-state index is -0.990. The molecule has 144 valence electrons. The van der Waals surface area contributed by atoms with Gasteiger partial charge < -0.3 is 14.6 Å². The summed E-state index contributed by atoms with van der Waals surface area (Å²) in [6, 6.07) is 8.30. The Hall–Kier alpha value is -3.93. The second-order valence-corrected chi connectivity index (χ2v) is 5.93.